The lowest BCUT2D eigenvalue weighted by Crippen LogP contribution is -2.53. The molecule has 1 aromatic carbocycles. The van der Waals surface area contributed by atoms with Crippen molar-refractivity contribution in [3.05, 3.63) is 28.2 Å². The number of urea groups is 1. The molecule has 0 radical (unpaired) electrons. The Morgan fingerprint density at radius 2 is 1.56 bits per heavy atom. The number of piperazine rings is 1. The standard InChI is InChI=1S/C17H18Cl2N4O4/c18-11-1-2-12(19)13(9-11)20-17(27)22-7-5-21(6-8-22)16(26)10-23-14(24)3-4-15(23)25/h1-2,9H,3-8,10H2,(H,20,27). The zero-order valence-electron chi connectivity index (χ0n) is 14.4. The topological polar surface area (TPSA) is 90.0 Å². The predicted molar refractivity (Wildman–Crippen MR) is 99.6 cm³/mol. The number of nitrogens with zero attached hydrogens (tertiary/aromatic N) is 3. The van der Waals surface area contributed by atoms with E-state index >= 15 is 0 Å². The Hall–Kier alpha value is -2.32. The van der Waals surface area contributed by atoms with E-state index in [2.05, 4.69) is 5.32 Å². The second-order valence-electron chi connectivity index (χ2n) is 6.30. The highest BCUT2D eigenvalue weighted by Crippen LogP contribution is 2.25. The van der Waals surface area contributed by atoms with E-state index in [0.717, 1.165) is 4.90 Å². The van der Waals surface area contributed by atoms with Gasteiger partial charge in [0.2, 0.25) is 17.7 Å². The fourth-order valence-corrected chi connectivity index (χ4v) is 3.32. The zero-order valence-corrected chi connectivity index (χ0v) is 15.9. The fourth-order valence-electron chi connectivity index (χ4n) is 2.98. The molecule has 5 amide bonds. The van der Waals surface area contributed by atoms with E-state index in [1.54, 1.807) is 28.0 Å². The Balaban J connectivity index is 1.51. The molecule has 0 spiro atoms. The molecular weight excluding hydrogens is 395 g/mol. The van der Waals surface area contributed by atoms with E-state index in [-0.39, 0.29) is 43.1 Å². The lowest BCUT2D eigenvalue weighted by atomic mass is 10.3. The third-order valence-electron chi connectivity index (χ3n) is 4.54. The molecular formula is C17H18Cl2N4O4. The second-order valence-corrected chi connectivity index (χ2v) is 7.14. The number of likely N-dealkylation sites (tertiary alicyclic amines) is 1. The molecule has 2 fully saturated rings. The van der Waals surface area contributed by atoms with Gasteiger partial charge < -0.3 is 15.1 Å². The van der Waals surface area contributed by atoms with Crippen molar-refractivity contribution >= 4 is 52.6 Å². The highest BCUT2D eigenvalue weighted by Gasteiger charge is 2.33. The number of halogens is 2. The summed E-state index contributed by atoms with van der Waals surface area (Å²) in [7, 11) is 0. The van der Waals surface area contributed by atoms with Gasteiger partial charge in [0.05, 0.1) is 10.7 Å². The second kappa shape index (κ2) is 8.14. The van der Waals surface area contributed by atoms with Crippen LogP contribution < -0.4 is 5.32 Å². The summed E-state index contributed by atoms with van der Waals surface area (Å²) in [5.74, 6) is -0.925. The van der Waals surface area contributed by atoms with Gasteiger partial charge in [-0.1, -0.05) is 23.2 Å². The van der Waals surface area contributed by atoms with Crippen LogP contribution in [0.5, 0.6) is 0 Å². The van der Waals surface area contributed by atoms with E-state index in [1.807, 2.05) is 0 Å². The Kier molecular flexibility index (Phi) is 5.86. The molecule has 2 aliphatic rings. The molecule has 2 saturated heterocycles. The maximum Gasteiger partial charge on any atom is 0.322 e. The number of benzene rings is 1. The molecule has 2 heterocycles. The monoisotopic (exact) mass is 412 g/mol. The third kappa shape index (κ3) is 4.51. The molecule has 0 bridgehead atoms. The van der Waals surface area contributed by atoms with E-state index < -0.39 is 0 Å². The maximum atomic E-state index is 12.4. The minimum absolute atomic E-state index is 0.159. The van der Waals surface area contributed by atoms with Crippen molar-refractivity contribution in [2.24, 2.45) is 0 Å². The molecule has 3 rings (SSSR count). The Morgan fingerprint density at radius 3 is 2.19 bits per heavy atom. The van der Waals surface area contributed by atoms with Crippen molar-refractivity contribution in [2.45, 2.75) is 12.8 Å². The van der Waals surface area contributed by atoms with Gasteiger partial charge in [0.25, 0.3) is 0 Å². The van der Waals surface area contributed by atoms with Crippen molar-refractivity contribution < 1.29 is 19.2 Å². The van der Waals surface area contributed by atoms with Crippen molar-refractivity contribution in [3.8, 4) is 0 Å². The van der Waals surface area contributed by atoms with Gasteiger partial charge in [0.1, 0.15) is 6.54 Å². The first kappa shape index (κ1) is 19.4. The van der Waals surface area contributed by atoms with Crippen LogP contribution in [-0.2, 0) is 14.4 Å². The number of hydrogen-bond donors (Lipinski definition) is 1. The average molecular weight is 413 g/mol. The molecule has 0 saturated carbocycles. The minimum atomic E-state index is -0.337. The molecule has 0 aliphatic carbocycles. The molecule has 0 aromatic heterocycles. The lowest BCUT2D eigenvalue weighted by molar-refractivity contribution is -0.146. The predicted octanol–water partition coefficient (Wildman–Crippen LogP) is 1.82. The van der Waals surface area contributed by atoms with Crippen LogP contribution in [0.1, 0.15) is 12.8 Å². The van der Waals surface area contributed by atoms with E-state index in [9.17, 15) is 19.2 Å². The number of anilines is 1. The van der Waals surface area contributed by atoms with Gasteiger partial charge in [-0.15, -0.1) is 0 Å². The summed E-state index contributed by atoms with van der Waals surface area (Å²) in [6, 6.07) is 4.44. The SMILES string of the molecule is O=C(CN1C(=O)CCC1=O)N1CCN(C(=O)Nc2cc(Cl)ccc2Cl)CC1. The summed E-state index contributed by atoms with van der Waals surface area (Å²) in [5.41, 5.74) is 0.415. The fraction of sp³-hybridized carbons (Fsp3) is 0.412. The molecule has 0 unspecified atom stereocenters. The van der Waals surface area contributed by atoms with Gasteiger partial charge in [-0.25, -0.2) is 4.79 Å². The summed E-state index contributed by atoms with van der Waals surface area (Å²) in [6.45, 7) is 1.08. The normalized spacial score (nSPS) is 17.5. The average Bonchev–Trinajstić information content (AvgIpc) is 2.96. The van der Waals surface area contributed by atoms with Crippen LogP contribution in [0.2, 0.25) is 10.0 Å². The van der Waals surface area contributed by atoms with Crippen LogP contribution in [0.25, 0.3) is 0 Å². The Bertz CT molecular complexity index is 777. The van der Waals surface area contributed by atoms with Crippen LogP contribution in [0, 0.1) is 0 Å². The van der Waals surface area contributed by atoms with E-state index in [4.69, 9.17) is 23.2 Å². The molecule has 27 heavy (non-hydrogen) atoms. The highest BCUT2D eigenvalue weighted by atomic mass is 35.5. The largest absolute Gasteiger partial charge is 0.338 e. The molecule has 1 N–H and O–H groups in total. The molecule has 8 nitrogen and oxygen atoms in total. The molecule has 10 heteroatoms. The van der Waals surface area contributed by atoms with Gasteiger partial charge in [0, 0.05) is 44.0 Å². The maximum absolute atomic E-state index is 12.4. The van der Waals surface area contributed by atoms with Crippen LogP contribution >= 0.6 is 23.2 Å². The van der Waals surface area contributed by atoms with E-state index in [1.165, 1.54) is 0 Å². The summed E-state index contributed by atoms with van der Waals surface area (Å²) in [5, 5.41) is 3.54. The summed E-state index contributed by atoms with van der Waals surface area (Å²) < 4.78 is 0. The van der Waals surface area contributed by atoms with Crippen molar-refractivity contribution in [1.29, 1.82) is 0 Å². The Morgan fingerprint density at radius 1 is 0.963 bits per heavy atom. The quantitative estimate of drug-likeness (QED) is 0.766. The summed E-state index contributed by atoms with van der Waals surface area (Å²) in [4.78, 5) is 52.1. The number of carbonyl (C=O) groups is 4. The smallest absolute Gasteiger partial charge is 0.322 e. The van der Waals surface area contributed by atoms with Gasteiger partial charge in [-0.3, -0.25) is 19.3 Å². The van der Waals surface area contributed by atoms with E-state index in [0.29, 0.717) is 41.9 Å². The van der Waals surface area contributed by atoms with Crippen molar-refractivity contribution in [1.82, 2.24) is 14.7 Å². The number of nitrogens with one attached hydrogen (secondary N) is 1. The Labute approximate surface area is 166 Å². The summed E-state index contributed by atoms with van der Waals surface area (Å²) >= 11 is 12.0. The molecule has 2 aliphatic heterocycles. The van der Waals surface area contributed by atoms with Crippen LogP contribution in [0.4, 0.5) is 10.5 Å². The van der Waals surface area contributed by atoms with Crippen molar-refractivity contribution in [3.63, 3.8) is 0 Å². The third-order valence-corrected chi connectivity index (χ3v) is 5.10. The first-order valence-corrected chi connectivity index (χ1v) is 9.22. The van der Waals surface area contributed by atoms with Crippen LogP contribution in [0.15, 0.2) is 18.2 Å². The number of rotatable bonds is 3. The lowest BCUT2D eigenvalue weighted by Gasteiger charge is -2.35. The number of carbonyl (C=O) groups excluding carboxylic acids is 4. The first-order valence-electron chi connectivity index (χ1n) is 8.47. The van der Waals surface area contributed by atoms with Gasteiger partial charge in [-0.2, -0.15) is 0 Å². The first-order chi connectivity index (χ1) is 12.8. The zero-order chi connectivity index (χ0) is 19.6. The number of amides is 5. The number of hydrogen-bond acceptors (Lipinski definition) is 4. The van der Waals surface area contributed by atoms with Crippen molar-refractivity contribution in [2.75, 3.05) is 38.0 Å². The summed E-state index contributed by atoms with van der Waals surface area (Å²) in [6.07, 6.45) is 0.318. The highest BCUT2D eigenvalue weighted by molar-refractivity contribution is 6.35. The number of imide groups is 1. The van der Waals surface area contributed by atoms with Gasteiger partial charge >= 0.3 is 6.03 Å². The molecule has 1 aromatic rings. The molecule has 0 atom stereocenters. The van der Waals surface area contributed by atoms with Gasteiger partial charge in [0.15, 0.2) is 0 Å². The van der Waals surface area contributed by atoms with Gasteiger partial charge in [-0.05, 0) is 18.2 Å². The minimum Gasteiger partial charge on any atom is -0.338 e. The van der Waals surface area contributed by atoms with Crippen LogP contribution in [-0.4, -0.2) is 71.2 Å². The molecule has 144 valence electrons. The van der Waals surface area contributed by atoms with Crippen LogP contribution in [0.3, 0.4) is 0 Å².